The lowest BCUT2D eigenvalue weighted by Crippen LogP contribution is -2.41. The van der Waals surface area contributed by atoms with E-state index in [-0.39, 0.29) is 17.8 Å². The molecule has 3 aliphatic heterocycles. The fourth-order valence-corrected chi connectivity index (χ4v) is 6.90. The Morgan fingerprint density at radius 1 is 1.06 bits per heavy atom. The van der Waals surface area contributed by atoms with Crippen molar-refractivity contribution in [3.8, 4) is 5.69 Å². The van der Waals surface area contributed by atoms with Gasteiger partial charge in [-0.2, -0.15) is 0 Å². The number of nitrogens with zero attached hydrogens (tertiary/aromatic N) is 5. The van der Waals surface area contributed by atoms with Gasteiger partial charge in [-0.05, 0) is 47.7 Å². The summed E-state index contributed by atoms with van der Waals surface area (Å²) < 4.78 is 2.20. The number of aromatic nitrogens is 3. The van der Waals surface area contributed by atoms with Crippen LogP contribution in [-0.2, 0) is 23.6 Å². The predicted octanol–water partition coefficient (Wildman–Crippen LogP) is 4.66. The first kappa shape index (κ1) is 19.9. The summed E-state index contributed by atoms with van der Waals surface area (Å²) in [6.07, 6.45) is 1.11. The summed E-state index contributed by atoms with van der Waals surface area (Å²) in [6.45, 7) is 2.22. The third-order valence-electron chi connectivity index (χ3n) is 6.83. The van der Waals surface area contributed by atoms with Crippen molar-refractivity contribution in [2.75, 3.05) is 18.0 Å². The molecule has 2 aromatic carbocycles. The fourth-order valence-electron chi connectivity index (χ4n) is 5.19. The minimum atomic E-state index is -0.981. The first-order chi connectivity index (χ1) is 15.5. The molecule has 3 aromatic rings. The Morgan fingerprint density at radius 2 is 1.88 bits per heavy atom. The summed E-state index contributed by atoms with van der Waals surface area (Å²) in [7, 11) is 0. The molecule has 0 radical (unpaired) electrons. The summed E-state index contributed by atoms with van der Waals surface area (Å²) in [5.41, 5.74) is 4.70. The third kappa shape index (κ3) is 3.08. The van der Waals surface area contributed by atoms with Gasteiger partial charge in [0.1, 0.15) is 0 Å². The van der Waals surface area contributed by atoms with Gasteiger partial charge >= 0.3 is 6.09 Å². The van der Waals surface area contributed by atoms with E-state index < -0.39 is 6.09 Å². The van der Waals surface area contributed by atoms with Gasteiger partial charge in [0.15, 0.2) is 5.82 Å². The fraction of sp³-hybridized carbons (Fsp3) is 0.348. The number of hydrogen-bond acceptors (Lipinski definition) is 5. The van der Waals surface area contributed by atoms with Crippen LogP contribution in [-0.4, -0.2) is 44.0 Å². The zero-order valence-corrected chi connectivity index (χ0v) is 18.9. The molecule has 0 aliphatic carbocycles. The third-order valence-corrected chi connectivity index (χ3v) is 8.70. The quantitative estimate of drug-likeness (QED) is 0.561. The molecule has 1 N–H and O–H groups in total. The number of amides is 1. The number of hydrogen-bond donors (Lipinski definition) is 1. The van der Waals surface area contributed by atoms with Crippen LogP contribution in [0.5, 0.6) is 0 Å². The molecule has 7 nitrogen and oxygen atoms in total. The van der Waals surface area contributed by atoms with Crippen LogP contribution in [0.3, 0.4) is 0 Å². The second-order valence-electron chi connectivity index (χ2n) is 8.59. The molecule has 1 spiro atoms. The van der Waals surface area contributed by atoms with Crippen molar-refractivity contribution in [2.45, 2.75) is 36.4 Å². The number of thioether (sulfide) groups is 1. The van der Waals surface area contributed by atoms with Gasteiger partial charge < -0.3 is 10.0 Å². The number of benzene rings is 2. The Kier molecular flexibility index (Phi) is 4.62. The summed E-state index contributed by atoms with van der Waals surface area (Å²) in [4.78, 5) is 15.4. The number of carbonyl (C=O) groups is 1. The smallest absolute Gasteiger partial charge is 0.408 e. The van der Waals surface area contributed by atoms with Gasteiger partial charge in [-0.1, -0.05) is 35.9 Å². The number of halogens is 1. The highest BCUT2D eigenvalue weighted by Crippen LogP contribution is 2.53. The van der Waals surface area contributed by atoms with Crippen LogP contribution >= 0.6 is 23.4 Å². The van der Waals surface area contributed by atoms with E-state index in [1.54, 1.807) is 0 Å². The maximum absolute atomic E-state index is 11.8. The van der Waals surface area contributed by atoms with Gasteiger partial charge in [-0.3, -0.25) is 9.47 Å². The summed E-state index contributed by atoms with van der Waals surface area (Å²) in [5, 5.41) is 19.2. The number of rotatable bonds is 1. The Bertz CT molecular complexity index is 1220. The van der Waals surface area contributed by atoms with E-state index in [1.807, 2.05) is 22.8 Å². The SMILES string of the molecule is O=C(O)N1Cc2cc(Cl)ccc2-n2c(nnc2N2CCC3(CC2)SCc2ccccc23)C1. The van der Waals surface area contributed by atoms with E-state index in [9.17, 15) is 9.90 Å². The maximum atomic E-state index is 11.8. The number of anilines is 1. The molecule has 1 aromatic heterocycles. The first-order valence-corrected chi connectivity index (χ1v) is 12.1. The highest BCUT2D eigenvalue weighted by atomic mass is 35.5. The summed E-state index contributed by atoms with van der Waals surface area (Å²) >= 11 is 8.30. The minimum Gasteiger partial charge on any atom is -0.465 e. The van der Waals surface area contributed by atoms with Gasteiger partial charge in [0.25, 0.3) is 0 Å². The molecule has 3 aliphatic rings. The molecule has 164 valence electrons. The average Bonchev–Trinajstić information content (AvgIpc) is 3.32. The monoisotopic (exact) mass is 467 g/mol. The Labute approximate surface area is 195 Å². The molecule has 4 heterocycles. The predicted molar refractivity (Wildman–Crippen MR) is 125 cm³/mol. The highest BCUT2D eigenvalue weighted by Gasteiger charge is 2.42. The zero-order chi connectivity index (χ0) is 21.9. The van der Waals surface area contributed by atoms with E-state index in [0.717, 1.165) is 48.9 Å². The average molecular weight is 468 g/mol. The van der Waals surface area contributed by atoms with Crippen molar-refractivity contribution in [3.63, 3.8) is 0 Å². The largest absolute Gasteiger partial charge is 0.465 e. The van der Waals surface area contributed by atoms with Crippen LogP contribution < -0.4 is 4.90 Å². The van der Waals surface area contributed by atoms with Crippen LogP contribution in [0.15, 0.2) is 42.5 Å². The van der Waals surface area contributed by atoms with E-state index >= 15 is 0 Å². The second kappa shape index (κ2) is 7.42. The Balaban J connectivity index is 1.35. The maximum Gasteiger partial charge on any atom is 0.408 e. The molecule has 0 saturated carbocycles. The second-order valence-corrected chi connectivity index (χ2v) is 10.4. The van der Waals surface area contributed by atoms with Crippen LogP contribution in [0, 0.1) is 0 Å². The molecule has 1 fully saturated rings. The van der Waals surface area contributed by atoms with Gasteiger partial charge in [0, 0.05) is 28.6 Å². The van der Waals surface area contributed by atoms with Crippen molar-refractivity contribution in [3.05, 3.63) is 70.0 Å². The van der Waals surface area contributed by atoms with Crippen LogP contribution in [0.1, 0.15) is 35.4 Å². The van der Waals surface area contributed by atoms with E-state index in [2.05, 4.69) is 51.1 Å². The molecule has 1 amide bonds. The van der Waals surface area contributed by atoms with Crippen molar-refractivity contribution >= 4 is 35.4 Å². The zero-order valence-electron chi connectivity index (χ0n) is 17.4. The van der Waals surface area contributed by atoms with E-state index in [4.69, 9.17) is 11.6 Å². The standard InChI is InChI=1S/C23H22ClN5O2S/c24-17-5-6-19-16(11-17)12-28(22(30)31)13-20-25-26-21(29(19)20)27-9-7-23(8-10-27)18-4-2-1-3-15(18)14-32-23/h1-6,11H,7-10,12-14H2,(H,30,31). The lowest BCUT2D eigenvalue weighted by Gasteiger charge is -2.39. The number of piperidine rings is 1. The molecule has 1 saturated heterocycles. The minimum absolute atomic E-state index is 0.181. The normalized spacial score (nSPS) is 18.8. The van der Waals surface area contributed by atoms with Gasteiger partial charge in [0.2, 0.25) is 5.95 Å². The number of fused-ring (bicyclic) bond motifs is 5. The lowest BCUT2D eigenvalue weighted by molar-refractivity contribution is 0.139. The van der Waals surface area contributed by atoms with Crippen LogP contribution in [0.25, 0.3) is 5.69 Å². The molecular formula is C23H22ClN5O2S. The molecule has 0 unspecified atom stereocenters. The van der Waals surface area contributed by atoms with E-state index in [1.165, 1.54) is 16.0 Å². The lowest BCUT2D eigenvalue weighted by atomic mass is 9.86. The summed E-state index contributed by atoms with van der Waals surface area (Å²) in [5.74, 6) is 2.49. The van der Waals surface area contributed by atoms with Gasteiger partial charge in [-0.25, -0.2) is 4.79 Å². The Hall–Kier alpha value is -2.71. The summed E-state index contributed by atoms with van der Waals surface area (Å²) in [6, 6.07) is 14.4. The molecule has 9 heteroatoms. The van der Waals surface area contributed by atoms with Crippen molar-refractivity contribution < 1.29 is 9.90 Å². The molecule has 0 bridgehead atoms. The topological polar surface area (TPSA) is 74.5 Å². The molecular weight excluding hydrogens is 446 g/mol. The first-order valence-electron chi connectivity index (χ1n) is 10.7. The number of carboxylic acid groups (broad SMARTS) is 1. The van der Waals surface area contributed by atoms with Gasteiger partial charge in [0.05, 0.1) is 18.8 Å². The highest BCUT2D eigenvalue weighted by molar-refractivity contribution is 7.99. The Morgan fingerprint density at radius 3 is 2.69 bits per heavy atom. The molecule has 32 heavy (non-hydrogen) atoms. The van der Waals surface area contributed by atoms with Crippen molar-refractivity contribution in [1.29, 1.82) is 0 Å². The molecule has 6 rings (SSSR count). The van der Waals surface area contributed by atoms with Crippen LogP contribution in [0.2, 0.25) is 5.02 Å². The van der Waals surface area contributed by atoms with Gasteiger partial charge in [-0.15, -0.1) is 22.0 Å². The van der Waals surface area contributed by atoms with Crippen molar-refractivity contribution in [1.82, 2.24) is 19.7 Å². The van der Waals surface area contributed by atoms with Crippen LogP contribution in [0.4, 0.5) is 10.7 Å². The van der Waals surface area contributed by atoms with Crippen molar-refractivity contribution in [2.24, 2.45) is 0 Å². The molecule has 0 atom stereocenters. The van der Waals surface area contributed by atoms with E-state index in [0.29, 0.717) is 10.8 Å².